The molecular formula is C27H39N3O4. The van der Waals surface area contributed by atoms with E-state index in [4.69, 9.17) is 0 Å². The molecular weight excluding hydrogens is 430 g/mol. The summed E-state index contributed by atoms with van der Waals surface area (Å²) in [6, 6.07) is 8.29. The number of allylic oxidation sites excluding steroid dienone is 1. The van der Waals surface area contributed by atoms with Gasteiger partial charge in [0, 0.05) is 18.5 Å². The van der Waals surface area contributed by atoms with Crippen LogP contribution in [0.1, 0.15) is 46.1 Å². The average molecular weight is 470 g/mol. The van der Waals surface area contributed by atoms with Gasteiger partial charge in [0.2, 0.25) is 17.7 Å². The third kappa shape index (κ3) is 5.35. The maximum Gasteiger partial charge on any atom is 0.243 e. The molecule has 1 saturated heterocycles. The number of hydrogen-bond acceptors (Lipinski definition) is 4. The Morgan fingerprint density at radius 1 is 1.12 bits per heavy atom. The van der Waals surface area contributed by atoms with Crippen LogP contribution in [0.25, 0.3) is 0 Å². The second-order valence-electron chi connectivity index (χ2n) is 10.5. The van der Waals surface area contributed by atoms with Gasteiger partial charge in [0.05, 0.1) is 24.5 Å². The van der Waals surface area contributed by atoms with Gasteiger partial charge in [-0.25, -0.2) is 0 Å². The second kappa shape index (κ2) is 10.7. The fourth-order valence-electron chi connectivity index (χ4n) is 5.55. The minimum Gasteiger partial charge on any atom is -0.394 e. The molecule has 1 fully saturated rings. The summed E-state index contributed by atoms with van der Waals surface area (Å²) in [6.07, 6.45) is 6.08. The van der Waals surface area contributed by atoms with Crippen LogP contribution in [0, 0.1) is 23.7 Å². The molecule has 1 aromatic carbocycles. The van der Waals surface area contributed by atoms with Crippen molar-refractivity contribution in [2.24, 2.45) is 23.7 Å². The lowest BCUT2D eigenvalue weighted by molar-refractivity contribution is -0.143. The van der Waals surface area contributed by atoms with Gasteiger partial charge in [-0.1, -0.05) is 55.8 Å². The van der Waals surface area contributed by atoms with Crippen LogP contribution in [0.2, 0.25) is 0 Å². The van der Waals surface area contributed by atoms with Gasteiger partial charge in [0.15, 0.2) is 0 Å². The van der Waals surface area contributed by atoms with Crippen molar-refractivity contribution < 1.29 is 19.5 Å². The van der Waals surface area contributed by atoms with E-state index in [0.29, 0.717) is 6.42 Å². The van der Waals surface area contributed by atoms with Crippen LogP contribution in [0.3, 0.4) is 0 Å². The van der Waals surface area contributed by atoms with Crippen LogP contribution in [0.5, 0.6) is 0 Å². The number of aliphatic hydroxyl groups excluding tert-OH is 1. The average Bonchev–Trinajstić information content (AvgIpc) is 3.09. The molecule has 0 saturated carbocycles. The number of rotatable bonds is 8. The van der Waals surface area contributed by atoms with Gasteiger partial charge in [-0.15, -0.1) is 0 Å². The number of carbonyl (C=O) groups is 3. The summed E-state index contributed by atoms with van der Waals surface area (Å²) in [5.74, 6) is -2.34. The Hall–Kier alpha value is -2.67. The molecule has 0 spiro atoms. The number of hydrogen-bond donors (Lipinski definition) is 3. The van der Waals surface area contributed by atoms with Crippen molar-refractivity contribution in [2.75, 3.05) is 13.7 Å². The maximum absolute atomic E-state index is 14.0. The van der Waals surface area contributed by atoms with Gasteiger partial charge in [0.25, 0.3) is 0 Å². The molecule has 6 atom stereocenters. The summed E-state index contributed by atoms with van der Waals surface area (Å²) in [4.78, 5) is 42.2. The third-order valence-corrected chi connectivity index (χ3v) is 6.90. The fourth-order valence-corrected chi connectivity index (χ4v) is 5.55. The molecule has 1 aliphatic heterocycles. The zero-order valence-electron chi connectivity index (χ0n) is 21.0. The second-order valence-corrected chi connectivity index (χ2v) is 10.5. The summed E-state index contributed by atoms with van der Waals surface area (Å²) in [5.41, 5.74) is 0.489. The van der Waals surface area contributed by atoms with Crippen molar-refractivity contribution in [2.45, 2.75) is 64.6 Å². The van der Waals surface area contributed by atoms with Crippen molar-refractivity contribution in [3.05, 3.63) is 48.0 Å². The Bertz CT molecular complexity index is 908. The summed E-state index contributed by atoms with van der Waals surface area (Å²) in [6.45, 7) is 7.49. The molecule has 1 aliphatic carbocycles. The molecule has 0 aromatic heterocycles. The molecule has 0 bridgehead atoms. The highest BCUT2D eigenvalue weighted by molar-refractivity contribution is 5.97. The number of aliphatic hydroxyl groups is 1. The van der Waals surface area contributed by atoms with Crippen molar-refractivity contribution >= 4 is 17.7 Å². The van der Waals surface area contributed by atoms with Crippen LogP contribution in [0.15, 0.2) is 42.5 Å². The van der Waals surface area contributed by atoms with E-state index in [1.165, 1.54) is 0 Å². The molecule has 1 aromatic rings. The highest BCUT2D eigenvalue weighted by atomic mass is 16.3. The summed E-state index contributed by atoms with van der Waals surface area (Å²) >= 11 is 0. The van der Waals surface area contributed by atoms with Gasteiger partial charge in [0.1, 0.15) is 6.04 Å². The first-order chi connectivity index (χ1) is 16.1. The Labute approximate surface area is 203 Å². The van der Waals surface area contributed by atoms with Crippen LogP contribution in [-0.4, -0.2) is 59.0 Å². The number of fused-ring (bicyclic) bond motifs is 1. The van der Waals surface area contributed by atoms with E-state index >= 15 is 0 Å². The van der Waals surface area contributed by atoms with Crippen LogP contribution < -0.4 is 10.6 Å². The summed E-state index contributed by atoms with van der Waals surface area (Å²) < 4.78 is 0. The SMILES string of the molecule is CCC[C@@H]1C=C[C@H]2[C@@H](C(=O)N([C@@H](CO)Cc3ccccc3)[C@@H]2C(=O)NC(C)(C)C)[C@@H]1C(=O)NC. The lowest BCUT2D eigenvalue weighted by Gasteiger charge is -2.35. The molecule has 1 heterocycles. The maximum atomic E-state index is 14.0. The number of nitrogens with one attached hydrogen (secondary N) is 2. The monoisotopic (exact) mass is 469 g/mol. The van der Waals surface area contributed by atoms with E-state index in [1.54, 1.807) is 11.9 Å². The normalized spacial score (nSPS) is 27.3. The van der Waals surface area contributed by atoms with Gasteiger partial charge in [-0.05, 0) is 45.1 Å². The number of nitrogens with zero attached hydrogens (tertiary/aromatic N) is 1. The number of likely N-dealkylation sites (tertiary alicyclic amines) is 1. The molecule has 0 radical (unpaired) electrons. The summed E-state index contributed by atoms with van der Waals surface area (Å²) in [7, 11) is 1.59. The lowest BCUT2D eigenvalue weighted by Crippen LogP contribution is -2.56. The van der Waals surface area contributed by atoms with Gasteiger partial charge < -0.3 is 20.6 Å². The molecule has 3 rings (SSSR count). The van der Waals surface area contributed by atoms with Gasteiger partial charge in [-0.2, -0.15) is 0 Å². The van der Waals surface area contributed by atoms with Crippen molar-refractivity contribution in [1.82, 2.24) is 15.5 Å². The van der Waals surface area contributed by atoms with Crippen LogP contribution in [0.4, 0.5) is 0 Å². The standard InChI is InChI=1S/C27H39N3O4/c1-6-10-18-13-14-20-22(21(18)24(32)28-5)26(34)30(23(20)25(33)29-27(2,3)4)19(16-31)15-17-11-8-7-9-12-17/h7-9,11-14,18-23,31H,6,10,15-16H2,1-5H3,(H,28,32)(H,29,33)/t18-,19-,20+,21-,22-,23+/m1/s1. The fraction of sp³-hybridized carbons (Fsp3) is 0.593. The first-order valence-corrected chi connectivity index (χ1v) is 12.3. The van der Waals surface area contributed by atoms with E-state index < -0.39 is 35.4 Å². The topological polar surface area (TPSA) is 98.7 Å². The quantitative estimate of drug-likeness (QED) is 0.509. The predicted octanol–water partition coefficient (Wildman–Crippen LogP) is 2.30. The van der Waals surface area contributed by atoms with E-state index in [9.17, 15) is 19.5 Å². The van der Waals surface area contributed by atoms with Gasteiger partial charge >= 0.3 is 0 Å². The van der Waals surface area contributed by atoms with E-state index in [2.05, 4.69) is 17.6 Å². The molecule has 186 valence electrons. The largest absolute Gasteiger partial charge is 0.394 e. The van der Waals surface area contributed by atoms with Crippen LogP contribution >= 0.6 is 0 Å². The van der Waals surface area contributed by atoms with Crippen LogP contribution in [-0.2, 0) is 20.8 Å². The Balaban J connectivity index is 2.06. The molecule has 0 unspecified atom stereocenters. The smallest absolute Gasteiger partial charge is 0.243 e. The molecule has 34 heavy (non-hydrogen) atoms. The van der Waals surface area contributed by atoms with E-state index in [1.807, 2.05) is 63.3 Å². The van der Waals surface area contributed by atoms with Crippen molar-refractivity contribution in [3.63, 3.8) is 0 Å². The summed E-state index contributed by atoms with van der Waals surface area (Å²) in [5, 5.41) is 16.1. The molecule has 7 nitrogen and oxygen atoms in total. The molecule has 3 amide bonds. The molecule has 7 heteroatoms. The van der Waals surface area contributed by atoms with E-state index in [-0.39, 0.29) is 30.2 Å². The minimum atomic E-state index is -0.788. The van der Waals surface area contributed by atoms with Crippen molar-refractivity contribution in [3.8, 4) is 0 Å². The molecule has 3 N–H and O–H groups in total. The Morgan fingerprint density at radius 2 is 1.79 bits per heavy atom. The minimum absolute atomic E-state index is 0.0665. The number of carbonyl (C=O) groups excluding carboxylic acids is 3. The highest BCUT2D eigenvalue weighted by Gasteiger charge is 2.58. The Morgan fingerprint density at radius 3 is 2.35 bits per heavy atom. The molecule has 2 aliphatic rings. The zero-order chi connectivity index (χ0) is 25.0. The zero-order valence-corrected chi connectivity index (χ0v) is 21.0. The first-order valence-electron chi connectivity index (χ1n) is 12.3. The highest BCUT2D eigenvalue weighted by Crippen LogP contribution is 2.46. The Kier molecular flexibility index (Phi) is 8.18. The first kappa shape index (κ1) is 25.9. The lowest BCUT2D eigenvalue weighted by atomic mass is 9.68. The number of amides is 3. The van der Waals surface area contributed by atoms with Gasteiger partial charge in [-0.3, -0.25) is 14.4 Å². The number of benzene rings is 1. The van der Waals surface area contributed by atoms with E-state index in [0.717, 1.165) is 18.4 Å². The third-order valence-electron chi connectivity index (χ3n) is 6.90. The predicted molar refractivity (Wildman–Crippen MR) is 132 cm³/mol. The van der Waals surface area contributed by atoms with Crippen molar-refractivity contribution in [1.29, 1.82) is 0 Å².